The standard InChI is InChI=1S/C25H23N7O/c1-16-3-2-4-17(9-16)14-27-29-23-13-25(31-15-19-10-20(31)11-22(19)33)32-24(28-23)12-21(30-32)18-5-7-26-8-6-18/h2-9,12-14,19-20H,10-11,15H2,1H3,(H,28,29). The number of Topliss-reactive ketones (excluding diaryl/α,β-unsaturated/α-hetero) is 1. The van der Waals surface area contributed by atoms with Crippen molar-refractivity contribution in [1.82, 2.24) is 19.6 Å². The lowest BCUT2D eigenvalue weighted by atomic mass is 10.1. The van der Waals surface area contributed by atoms with E-state index in [1.807, 2.05) is 40.9 Å². The number of fused-ring (bicyclic) bond motifs is 3. The number of aromatic nitrogens is 4. The van der Waals surface area contributed by atoms with Crippen molar-refractivity contribution in [1.29, 1.82) is 0 Å². The number of hydrogen-bond acceptors (Lipinski definition) is 7. The number of ketones is 1. The van der Waals surface area contributed by atoms with Crippen molar-refractivity contribution in [3.63, 3.8) is 0 Å². The largest absolute Gasteiger partial charge is 0.352 e. The highest BCUT2D eigenvalue weighted by atomic mass is 16.1. The summed E-state index contributed by atoms with van der Waals surface area (Å²) in [6, 6.07) is 16.2. The molecule has 1 aliphatic heterocycles. The average Bonchev–Trinajstić information content (AvgIpc) is 3.53. The first-order chi connectivity index (χ1) is 16.1. The Morgan fingerprint density at radius 3 is 2.79 bits per heavy atom. The number of pyridine rings is 1. The third-order valence-electron chi connectivity index (χ3n) is 6.42. The van der Waals surface area contributed by atoms with Crippen LogP contribution < -0.4 is 10.3 Å². The van der Waals surface area contributed by atoms with Gasteiger partial charge in [0.25, 0.3) is 0 Å². The molecule has 3 aromatic heterocycles. The number of rotatable bonds is 5. The van der Waals surface area contributed by atoms with E-state index in [-0.39, 0.29) is 12.0 Å². The van der Waals surface area contributed by atoms with E-state index in [2.05, 4.69) is 39.5 Å². The van der Waals surface area contributed by atoms with Crippen LogP contribution in [-0.4, -0.2) is 44.2 Å². The van der Waals surface area contributed by atoms with Crippen molar-refractivity contribution in [3.05, 3.63) is 72.1 Å². The van der Waals surface area contributed by atoms with Gasteiger partial charge in [-0.15, -0.1) is 0 Å². The number of aryl methyl sites for hydroxylation is 1. The van der Waals surface area contributed by atoms with E-state index in [9.17, 15) is 4.79 Å². The fourth-order valence-corrected chi connectivity index (χ4v) is 4.83. The Morgan fingerprint density at radius 1 is 1.15 bits per heavy atom. The third kappa shape index (κ3) is 3.63. The molecule has 1 saturated heterocycles. The number of hydrazone groups is 1. The molecule has 2 fully saturated rings. The first-order valence-corrected chi connectivity index (χ1v) is 11.1. The summed E-state index contributed by atoms with van der Waals surface area (Å²) in [5.74, 6) is 2.05. The second kappa shape index (κ2) is 7.81. The minimum atomic E-state index is 0.115. The fraction of sp³-hybridized carbons (Fsp3) is 0.240. The first kappa shape index (κ1) is 19.6. The zero-order valence-corrected chi connectivity index (χ0v) is 18.2. The molecule has 2 bridgehead atoms. The molecule has 0 radical (unpaired) electrons. The van der Waals surface area contributed by atoms with Gasteiger partial charge in [-0.05, 0) is 31.0 Å². The number of carbonyl (C=O) groups excluding carboxylic acids is 1. The lowest BCUT2D eigenvalue weighted by molar-refractivity contribution is -0.120. The average molecular weight is 438 g/mol. The Kier molecular flexibility index (Phi) is 4.64. The Hall–Kier alpha value is -4.07. The van der Waals surface area contributed by atoms with Crippen LogP contribution in [0.4, 0.5) is 11.6 Å². The van der Waals surface area contributed by atoms with Crippen LogP contribution in [0.3, 0.4) is 0 Å². The molecule has 0 amide bonds. The topological polar surface area (TPSA) is 87.8 Å². The highest BCUT2D eigenvalue weighted by Gasteiger charge is 2.44. The van der Waals surface area contributed by atoms with Crippen LogP contribution in [0, 0.1) is 12.8 Å². The van der Waals surface area contributed by atoms with Gasteiger partial charge < -0.3 is 4.90 Å². The molecular weight excluding hydrogens is 414 g/mol. The predicted molar refractivity (Wildman–Crippen MR) is 127 cm³/mol. The van der Waals surface area contributed by atoms with E-state index >= 15 is 0 Å². The smallest absolute Gasteiger partial charge is 0.160 e. The summed E-state index contributed by atoms with van der Waals surface area (Å²) in [5.41, 5.74) is 7.81. The maximum atomic E-state index is 12.1. The molecule has 2 aliphatic rings. The molecule has 1 N–H and O–H groups in total. The molecule has 2 atom stereocenters. The number of nitrogens with zero attached hydrogens (tertiary/aromatic N) is 6. The number of anilines is 2. The number of nitrogens with one attached hydrogen (secondary N) is 1. The zero-order valence-electron chi connectivity index (χ0n) is 18.2. The van der Waals surface area contributed by atoms with Gasteiger partial charge in [-0.3, -0.25) is 15.2 Å². The van der Waals surface area contributed by atoms with Crippen LogP contribution in [0.15, 0.2) is 66.0 Å². The highest BCUT2D eigenvalue weighted by molar-refractivity contribution is 5.87. The Labute approximate surface area is 191 Å². The van der Waals surface area contributed by atoms with E-state index in [1.165, 1.54) is 5.56 Å². The van der Waals surface area contributed by atoms with Gasteiger partial charge in [0.05, 0.1) is 11.9 Å². The summed E-state index contributed by atoms with van der Waals surface area (Å²) < 4.78 is 1.87. The van der Waals surface area contributed by atoms with Crippen LogP contribution in [0.2, 0.25) is 0 Å². The highest BCUT2D eigenvalue weighted by Crippen LogP contribution is 2.39. The predicted octanol–water partition coefficient (Wildman–Crippen LogP) is 3.71. The monoisotopic (exact) mass is 437 g/mol. The fourth-order valence-electron chi connectivity index (χ4n) is 4.83. The lowest BCUT2D eigenvalue weighted by Gasteiger charge is -2.28. The Bertz CT molecular complexity index is 1380. The van der Waals surface area contributed by atoms with E-state index in [0.717, 1.165) is 41.3 Å². The third-order valence-corrected chi connectivity index (χ3v) is 6.42. The molecule has 164 valence electrons. The van der Waals surface area contributed by atoms with Crippen LogP contribution in [0.1, 0.15) is 24.0 Å². The molecule has 4 heterocycles. The van der Waals surface area contributed by atoms with Gasteiger partial charge in [-0.2, -0.15) is 14.7 Å². The van der Waals surface area contributed by atoms with Crippen LogP contribution in [-0.2, 0) is 4.79 Å². The normalized spacial score (nSPS) is 19.8. The molecule has 1 saturated carbocycles. The van der Waals surface area contributed by atoms with Gasteiger partial charge in [-0.25, -0.2) is 4.98 Å². The van der Waals surface area contributed by atoms with Gasteiger partial charge in [0.1, 0.15) is 11.6 Å². The molecule has 1 aliphatic carbocycles. The van der Waals surface area contributed by atoms with E-state index in [1.54, 1.807) is 18.6 Å². The number of piperidine rings is 1. The number of hydrogen-bond donors (Lipinski definition) is 1. The minimum Gasteiger partial charge on any atom is -0.352 e. The first-order valence-electron chi connectivity index (χ1n) is 11.1. The summed E-state index contributed by atoms with van der Waals surface area (Å²) in [6.07, 6.45) is 6.81. The summed E-state index contributed by atoms with van der Waals surface area (Å²) in [5, 5.41) is 9.25. The van der Waals surface area contributed by atoms with Crippen molar-refractivity contribution in [3.8, 4) is 11.3 Å². The maximum absolute atomic E-state index is 12.1. The Morgan fingerprint density at radius 2 is 2.03 bits per heavy atom. The molecule has 4 aromatic rings. The van der Waals surface area contributed by atoms with Crippen LogP contribution in [0.25, 0.3) is 16.9 Å². The molecule has 1 aromatic carbocycles. The SMILES string of the molecule is Cc1cccc(C=NNc2cc(N3CC4CC3CC4=O)n3nc(-c4ccncc4)cc3n2)c1. The van der Waals surface area contributed by atoms with Crippen molar-refractivity contribution in [2.24, 2.45) is 11.0 Å². The molecule has 8 nitrogen and oxygen atoms in total. The van der Waals surface area contributed by atoms with Gasteiger partial charge in [0, 0.05) is 55.0 Å². The molecule has 2 unspecified atom stereocenters. The number of benzene rings is 1. The van der Waals surface area contributed by atoms with Crippen molar-refractivity contribution in [2.45, 2.75) is 25.8 Å². The van der Waals surface area contributed by atoms with Crippen LogP contribution >= 0.6 is 0 Å². The van der Waals surface area contributed by atoms with Crippen molar-refractivity contribution >= 4 is 29.3 Å². The lowest BCUT2D eigenvalue weighted by Crippen LogP contribution is -2.37. The van der Waals surface area contributed by atoms with Gasteiger partial charge in [0.2, 0.25) is 0 Å². The van der Waals surface area contributed by atoms with Crippen molar-refractivity contribution < 1.29 is 4.79 Å². The molecule has 8 heteroatoms. The molecule has 0 spiro atoms. The Balaban J connectivity index is 1.38. The second-order valence-electron chi connectivity index (χ2n) is 8.73. The summed E-state index contributed by atoms with van der Waals surface area (Å²) in [6.45, 7) is 2.78. The van der Waals surface area contributed by atoms with Crippen molar-refractivity contribution in [2.75, 3.05) is 16.9 Å². The molecule has 6 rings (SSSR count). The molecule has 33 heavy (non-hydrogen) atoms. The second-order valence-corrected chi connectivity index (χ2v) is 8.73. The van der Waals surface area contributed by atoms with E-state index < -0.39 is 0 Å². The van der Waals surface area contributed by atoms with Crippen LogP contribution in [0.5, 0.6) is 0 Å². The summed E-state index contributed by atoms with van der Waals surface area (Å²) in [7, 11) is 0. The van der Waals surface area contributed by atoms with Gasteiger partial charge >= 0.3 is 0 Å². The quantitative estimate of drug-likeness (QED) is 0.378. The minimum absolute atomic E-state index is 0.115. The summed E-state index contributed by atoms with van der Waals surface area (Å²) in [4.78, 5) is 23.3. The summed E-state index contributed by atoms with van der Waals surface area (Å²) >= 11 is 0. The molecular formula is C25H23N7O. The van der Waals surface area contributed by atoms with Gasteiger partial charge in [0.15, 0.2) is 11.5 Å². The maximum Gasteiger partial charge on any atom is 0.160 e. The van der Waals surface area contributed by atoms with E-state index in [0.29, 0.717) is 18.0 Å². The van der Waals surface area contributed by atoms with Gasteiger partial charge in [-0.1, -0.05) is 29.8 Å². The number of carbonyl (C=O) groups is 1. The van der Waals surface area contributed by atoms with E-state index in [4.69, 9.17) is 10.1 Å². The zero-order chi connectivity index (χ0) is 22.4.